The Kier molecular flexibility index (Phi) is 5.76. The van der Waals surface area contributed by atoms with Crippen LogP contribution in [0.25, 0.3) is 0 Å². The molecule has 0 bridgehead atoms. The topological polar surface area (TPSA) is 49.8 Å². The molecule has 4 nitrogen and oxygen atoms in total. The van der Waals surface area contributed by atoms with Crippen molar-refractivity contribution >= 4 is 21.9 Å². The second-order valence-corrected chi connectivity index (χ2v) is 7.08. The Bertz CT molecular complexity index is 749. The summed E-state index contributed by atoms with van der Waals surface area (Å²) in [5, 5.41) is 9.67. The first-order chi connectivity index (χ1) is 12.1. The summed E-state index contributed by atoms with van der Waals surface area (Å²) in [5.74, 6) is 0.0532. The molecule has 25 heavy (non-hydrogen) atoms. The molecular formula is C20H22BrNO3. The van der Waals surface area contributed by atoms with Crippen molar-refractivity contribution in [2.45, 2.75) is 31.8 Å². The standard InChI is InChI=1S/C20H22BrNO3/c1-2-25-18-11-4-3-9-16(18)19(14-7-5-8-15(21)13-14)22-12-6-10-17(22)20(23)24/h3-5,7-9,11,13,17,19H,2,6,10,12H2,1H3,(H,23,24). The molecule has 5 heteroatoms. The number of hydrogen-bond acceptors (Lipinski definition) is 3. The first kappa shape index (κ1) is 18.0. The fourth-order valence-electron chi connectivity index (χ4n) is 3.58. The lowest BCUT2D eigenvalue weighted by Crippen LogP contribution is -2.39. The average Bonchev–Trinajstić information content (AvgIpc) is 3.07. The molecule has 132 valence electrons. The van der Waals surface area contributed by atoms with Crippen LogP contribution in [0.15, 0.2) is 53.0 Å². The van der Waals surface area contributed by atoms with E-state index < -0.39 is 12.0 Å². The van der Waals surface area contributed by atoms with Crippen LogP contribution in [0.5, 0.6) is 5.75 Å². The average molecular weight is 404 g/mol. The van der Waals surface area contributed by atoms with E-state index in [1.165, 1.54) is 0 Å². The first-order valence-electron chi connectivity index (χ1n) is 8.57. The molecule has 3 rings (SSSR count). The van der Waals surface area contributed by atoms with Gasteiger partial charge in [0.1, 0.15) is 11.8 Å². The molecule has 1 aliphatic heterocycles. The van der Waals surface area contributed by atoms with E-state index in [2.05, 4.69) is 33.0 Å². The second kappa shape index (κ2) is 8.02. The highest BCUT2D eigenvalue weighted by Crippen LogP contribution is 2.39. The number of carboxylic acids is 1. The molecule has 1 heterocycles. The smallest absolute Gasteiger partial charge is 0.320 e. The van der Waals surface area contributed by atoms with E-state index in [0.29, 0.717) is 13.0 Å². The molecule has 0 aromatic heterocycles. The molecule has 1 aliphatic rings. The zero-order valence-corrected chi connectivity index (χ0v) is 15.8. The summed E-state index contributed by atoms with van der Waals surface area (Å²) in [6, 6.07) is 15.4. The number of carboxylic acid groups (broad SMARTS) is 1. The number of benzene rings is 2. The van der Waals surface area contributed by atoms with E-state index in [1.807, 2.05) is 43.3 Å². The van der Waals surface area contributed by atoms with Crippen LogP contribution in [0.2, 0.25) is 0 Å². The van der Waals surface area contributed by atoms with Gasteiger partial charge in [0, 0.05) is 16.6 Å². The molecule has 1 N–H and O–H groups in total. The highest BCUT2D eigenvalue weighted by atomic mass is 79.9. The van der Waals surface area contributed by atoms with Crippen LogP contribution in [-0.4, -0.2) is 35.2 Å². The van der Waals surface area contributed by atoms with E-state index >= 15 is 0 Å². The summed E-state index contributed by atoms with van der Waals surface area (Å²) in [7, 11) is 0. The van der Waals surface area contributed by atoms with Crippen molar-refractivity contribution in [3.63, 3.8) is 0 Å². The van der Waals surface area contributed by atoms with Crippen molar-refractivity contribution in [1.82, 2.24) is 4.90 Å². The van der Waals surface area contributed by atoms with E-state index in [-0.39, 0.29) is 6.04 Å². The molecule has 2 unspecified atom stereocenters. The molecule has 1 fully saturated rings. The van der Waals surface area contributed by atoms with Crippen LogP contribution in [0.1, 0.15) is 36.9 Å². The molecule has 0 aliphatic carbocycles. The van der Waals surface area contributed by atoms with Crippen molar-refractivity contribution in [3.05, 3.63) is 64.1 Å². The largest absolute Gasteiger partial charge is 0.494 e. The summed E-state index contributed by atoms with van der Waals surface area (Å²) >= 11 is 3.54. The van der Waals surface area contributed by atoms with Gasteiger partial charge >= 0.3 is 5.97 Å². The maximum absolute atomic E-state index is 11.8. The molecule has 2 aromatic rings. The predicted octanol–water partition coefficient (Wildman–Crippen LogP) is 4.49. The van der Waals surface area contributed by atoms with E-state index in [0.717, 1.165) is 34.3 Å². The molecule has 0 spiro atoms. The number of nitrogens with zero attached hydrogens (tertiary/aromatic N) is 1. The van der Waals surface area contributed by atoms with Crippen molar-refractivity contribution < 1.29 is 14.6 Å². The van der Waals surface area contributed by atoms with Crippen LogP contribution in [0.4, 0.5) is 0 Å². The van der Waals surface area contributed by atoms with Gasteiger partial charge in [0.2, 0.25) is 0 Å². The quantitative estimate of drug-likeness (QED) is 0.771. The normalized spacial score (nSPS) is 18.9. The van der Waals surface area contributed by atoms with Crippen molar-refractivity contribution in [2.75, 3.05) is 13.2 Å². The Morgan fingerprint density at radius 3 is 2.84 bits per heavy atom. The number of likely N-dealkylation sites (tertiary alicyclic amines) is 1. The maximum atomic E-state index is 11.8. The van der Waals surface area contributed by atoms with Gasteiger partial charge < -0.3 is 9.84 Å². The monoisotopic (exact) mass is 403 g/mol. The van der Waals surface area contributed by atoms with Crippen LogP contribution in [-0.2, 0) is 4.79 Å². The summed E-state index contributed by atoms with van der Waals surface area (Å²) in [5.41, 5.74) is 2.07. The molecule has 0 saturated carbocycles. The molecule has 2 atom stereocenters. The van der Waals surface area contributed by atoms with Crippen molar-refractivity contribution in [1.29, 1.82) is 0 Å². The van der Waals surface area contributed by atoms with Crippen molar-refractivity contribution in [2.24, 2.45) is 0 Å². The lowest BCUT2D eigenvalue weighted by atomic mass is 9.95. The number of rotatable bonds is 6. The van der Waals surface area contributed by atoms with Crippen molar-refractivity contribution in [3.8, 4) is 5.75 Å². The minimum Gasteiger partial charge on any atom is -0.494 e. The highest BCUT2D eigenvalue weighted by molar-refractivity contribution is 9.10. The summed E-state index contributed by atoms with van der Waals surface area (Å²) in [4.78, 5) is 13.9. The fraction of sp³-hybridized carbons (Fsp3) is 0.350. The van der Waals surface area contributed by atoms with Crippen LogP contribution in [0.3, 0.4) is 0 Å². The van der Waals surface area contributed by atoms with E-state index in [9.17, 15) is 9.90 Å². The minimum absolute atomic E-state index is 0.149. The van der Waals surface area contributed by atoms with Gasteiger partial charge in [-0.2, -0.15) is 0 Å². The molecule has 0 amide bonds. The number of hydrogen-bond donors (Lipinski definition) is 1. The Hall–Kier alpha value is -1.85. The van der Waals surface area contributed by atoms with Gasteiger partial charge in [-0.15, -0.1) is 0 Å². The Balaban J connectivity index is 2.11. The molecule has 2 aromatic carbocycles. The number of halogens is 1. The second-order valence-electron chi connectivity index (χ2n) is 6.16. The minimum atomic E-state index is -0.758. The third-order valence-electron chi connectivity index (χ3n) is 4.59. The SMILES string of the molecule is CCOc1ccccc1C(c1cccc(Br)c1)N1CCCC1C(=O)O. The van der Waals surface area contributed by atoms with Gasteiger partial charge in [0.25, 0.3) is 0 Å². The first-order valence-corrected chi connectivity index (χ1v) is 9.37. The van der Waals surface area contributed by atoms with Gasteiger partial charge in [-0.3, -0.25) is 9.69 Å². The van der Waals surface area contributed by atoms with E-state index in [1.54, 1.807) is 0 Å². The Labute approximate surface area is 156 Å². The van der Waals surface area contributed by atoms with Gasteiger partial charge in [-0.05, 0) is 43.5 Å². The lowest BCUT2D eigenvalue weighted by molar-refractivity contribution is -0.142. The maximum Gasteiger partial charge on any atom is 0.320 e. The third-order valence-corrected chi connectivity index (χ3v) is 5.08. The van der Waals surface area contributed by atoms with E-state index in [4.69, 9.17) is 4.74 Å². The molecular weight excluding hydrogens is 382 g/mol. The number of aliphatic carboxylic acids is 1. The highest BCUT2D eigenvalue weighted by Gasteiger charge is 2.37. The summed E-state index contributed by atoms with van der Waals surface area (Å²) < 4.78 is 6.82. The zero-order chi connectivity index (χ0) is 17.8. The summed E-state index contributed by atoms with van der Waals surface area (Å²) in [6.45, 7) is 3.29. The Morgan fingerprint density at radius 2 is 2.12 bits per heavy atom. The lowest BCUT2D eigenvalue weighted by Gasteiger charge is -2.33. The van der Waals surface area contributed by atoms with Crippen LogP contribution in [0, 0.1) is 0 Å². The predicted molar refractivity (Wildman–Crippen MR) is 101 cm³/mol. The van der Waals surface area contributed by atoms with Gasteiger partial charge in [0.05, 0.1) is 12.6 Å². The van der Waals surface area contributed by atoms with Gasteiger partial charge in [-0.1, -0.05) is 46.3 Å². The zero-order valence-electron chi connectivity index (χ0n) is 14.2. The number of para-hydroxylation sites is 1. The molecule has 1 saturated heterocycles. The van der Waals surface area contributed by atoms with Gasteiger partial charge in [0.15, 0.2) is 0 Å². The molecule has 0 radical (unpaired) electrons. The number of ether oxygens (including phenoxy) is 1. The Morgan fingerprint density at radius 1 is 1.32 bits per heavy atom. The fourth-order valence-corrected chi connectivity index (χ4v) is 4.00. The van der Waals surface area contributed by atoms with Crippen LogP contribution < -0.4 is 4.74 Å². The van der Waals surface area contributed by atoms with Crippen LogP contribution >= 0.6 is 15.9 Å². The van der Waals surface area contributed by atoms with Gasteiger partial charge in [-0.25, -0.2) is 0 Å². The third kappa shape index (κ3) is 3.88. The summed E-state index contributed by atoms with van der Waals surface area (Å²) in [6.07, 6.45) is 1.56. The number of carbonyl (C=O) groups is 1.